The van der Waals surface area contributed by atoms with Gasteiger partial charge in [0, 0.05) is 19.4 Å². The van der Waals surface area contributed by atoms with Crippen molar-refractivity contribution in [1.29, 1.82) is 0 Å². The SMILES string of the molecule is CCc1ccc(C(CNC(=O)CCc2nc(C)no2)N(C)C)cc1. The quantitative estimate of drug-likeness (QED) is 0.804. The molecule has 130 valence electrons. The zero-order valence-corrected chi connectivity index (χ0v) is 14.9. The van der Waals surface area contributed by atoms with Crippen LogP contribution in [0.2, 0.25) is 0 Å². The Balaban J connectivity index is 1.87. The molecule has 6 heteroatoms. The third-order valence-corrected chi connectivity index (χ3v) is 4.02. The summed E-state index contributed by atoms with van der Waals surface area (Å²) in [5.74, 6) is 1.08. The van der Waals surface area contributed by atoms with Gasteiger partial charge in [0.05, 0.1) is 6.04 Å². The average molecular weight is 330 g/mol. The molecule has 1 aromatic heterocycles. The van der Waals surface area contributed by atoms with E-state index in [0.29, 0.717) is 31.1 Å². The summed E-state index contributed by atoms with van der Waals surface area (Å²) in [6.07, 6.45) is 1.83. The highest BCUT2D eigenvalue weighted by Gasteiger charge is 2.15. The maximum Gasteiger partial charge on any atom is 0.227 e. The Kier molecular flexibility index (Phi) is 6.49. The summed E-state index contributed by atoms with van der Waals surface area (Å²) < 4.78 is 5.02. The van der Waals surface area contributed by atoms with Crippen molar-refractivity contribution in [3.63, 3.8) is 0 Å². The lowest BCUT2D eigenvalue weighted by Crippen LogP contribution is -2.34. The second-order valence-electron chi connectivity index (χ2n) is 6.11. The van der Waals surface area contributed by atoms with Gasteiger partial charge in [-0.05, 0) is 38.6 Å². The Hall–Kier alpha value is -2.21. The highest BCUT2D eigenvalue weighted by molar-refractivity contribution is 5.76. The molecule has 2 rings (SSSR count). The first-order valence-electron chi connectivity index (χ1n) is 8.30. The number of carbonyl (C=O) groups is 1. The van der Waals surface area contributed by atoms with Crippen molar-refractivity contribution in [3.8, 4) is 0 Å². The smallest absolute Gasteiger partial charge is 0.227 e. The number of nitrogens with one attached hydrogen (secondary N) is 1. The van der Waals surface area contributed by atoms with Gasteiger partial charge < -0.3 is 14.7 Å². The maximum atomic E-state index is 12.1. The van der Waals surface area contributed by atoms with E-state index in [2.05, 4.69) is 51.5 Å². The summed E-state index contributed by atoms with van der Waals surface area (Å²) in [4.78, 5) is 18.3. The molecule has 0 bridgehead atoms. The van der Waals surface area contributed by atoms with Gasteiger partial charge in [-0.2, -0.15) is 4.98 Å². The van der Waals surface area contributed by atoms with Crippen molar-refractivity contribution in [2.75, 3.05) is 20.6 Å². The van der Waals surface area contributed by atoms with E-state index in [0.717, 1.165) is 6.42 Å². The van der Waals surface area contributed by atoms with Crippen LogP contribution in [0.4, 0.5) is 0 Å². The molecule has 1 N–H and O–H groups in total. The summed E-state index contributed by atoms with van der Waals surface area (Å²) >= 11 is 0. The van der Waals surface area contributed by atoms with Crippen molar-refractivity contribution in [2.45, 2.75) is 39.2 Å². The first kappa shape index (κ1) is 18.1. The minimum atomic E-state index is -0.0112. The fourth-order valence-corrected chi connectivity index (χ4v) is 2.54. The fraction of sp³-hybridized carbons (Fsp3) is 0.500. The minimum absolute atomic E-state index is 0.0112. The third-order valence-electron chi connectivity index (χ3n) is 4.02. The zero-order valence-electron chi connectivity index (χ0n) is 14.9. The molecule has 0 radical (unpaired) electrons. The summed E-state index contributed by atoms with van der Waals surface area (Å²) in [6.45, 7) is 4.47. The Morgan fingerprint density at radius 2 is 2.00 bits per heavy atom. The molecule has 0 aliphatic rings. The van der Waals surface area contributed by atoms with E-state index in [1.807, 2.05) is 14.1 Å². The van der Waals surface area contributed by atoms with Crippen LogP contribution >= 0.6 is 0 Å². The fourth-order valence-electron chi connectivity index (χ4n) is 2.54. The molecule has 1 amide bonds. The molecule has 1 heterocycles. The number of amides is 1. The molecular weight excluding hydrogens is 304 g/mol. The summed E-state index contributed by atoms with van der Waals surface area (Å²) in [6, 6.07) is 8.70. The van der Waals surface area contributed by atoms with E-state index in [1.165, 1.54) is 11.1 Å². The van der Waals surface area contributed by atoms with Crippen LogP contribution in [0.1, 0.15) is 42.2 Å². The Labute approximate surface area is 143 Å². The molecule has 24 heavy (non-hydrogen) atoms. The molecule has 0 fully saturated rings. The predicted octanol–water partition coefficient (Wildman–Crippen LogP) is 2.29. The highest BCUT2D eigenvalue weighted by Crippen LogP contribution is 2.18. The lowest BCUT2D eigenvalue weighted by molar-refractivity contribution is -0.121. The van der Waals surface area contributed by atoms with Crippen LogP contribution in [-0.2, 0) is 17.6 Å². The lowest BCUT2D eigenvalue weighted by Gasteiger charge is -2.25. The first-order valence-corrected chi connectivity index (χ1v) is 8.30. The van der Waals surface area contributed by atoms with Crippen molar-refractivity contribution in [3.05, 3.63) is 47.1 Å². The van der Waals surface area contributed by atoms with E-state index in [1.54, 1.807) is 6.92 Å². The van der Waals surface area contributed by atoms with Crippen LogP contribution in [0.3, 0.4) is 0 Å². The number of rotatable bonds is 8. The third kappa shape index (κ3) is 5.16. The molecule has 0 aliphatic heterocycles. The number of likely N-dealkylation sites (N-methyl/N-ethyl adjacent to an activating group) is 1. The zero-order chi connectivity index (χ0) is 17.5. The number of hydrogen-bond acceptors (Lipinski definition) is 5. The van der Waals surface area contributed by atoms with Gasteiger partial charge in [-0.1, -0.05) is 36.3 Å². The molecule has 0 spiro atoms. The number of hydrogen-bond donors (Lipinski definition) is 1. The average Bonchev–Trinajstić information content (AvgIpc) is 2.99. The molecule has 1 atom stereocenters. The van der Waals surface area contributed by atoms with Crippen LogP contribution in [-0.4, -0.2) is 41.6 Å². The summed E-state index contributed by atoms with van der Waals surface area (Å²) in [5, 5.41) is 6.72. The number of aryl methyl sites for hydroxylation is 3. The second kappa shape index (κ2) is 8.59. The van der Waals surface area contributed by atoms with E-state index in [-0.39, 0.29) is 11.9 Å². The van der Waals surface area contributed by atoms with E-state index < -0.39 is 0 Å². The van der Waals surface area contributed by atoms with Gasteiger partial charge in [0.2, 0.25) is 11.8 Å². The van der Waals surface area contributed by atoms with Crippen molar-refractivity contribution < 1.29 is 9.32 Å². The lowest BCUT2D eigenvalue weighted by atomic mass is 10.0. The number of nitrogens with zero attached hydrogens (tertiary/aromatic N) is 3. The molecule has 0 saturated heterocycles. The normalized spacial score (nSPS) is 12.4. The predicted molar refractivity (Wildman–Crippen MR) is 92.6 cm³/mol. The van der Waals surface area contributed by atoms with Crippen LogP contribution in [0.15, 0.2) is 28.8 Å². The Morgan fingerprint density at radius 3 is 2.54 bits per heavy atom. The minimum Gasteiger partial charge on any atom is -0.354 e. The Morgan fingerprint density at radius 1 is 1.29 bits per heavy atom. The van der Waals surface area contributed by atoms with Gasteiger partial charge in [-0.25, -0.2) is 0 Å². The van der Waals surface area contributed by atoms with Gasteiger partial charge in [-0.15, -0.1) is 0 Å². The van der Waals surface area contributed by atoms with Gasteiger partial charge in [0.25, 0.3) is 0 Å². The van der Waals surface area contributed by atoms with Crippen molar-refractivity contribution in [1.82, 2.24) is 20.4 Å². The molecule has 0 saturated carbocycles. The first-order chi connectivity index (χ1) is 11.5. The van der Waals surface area contributed by atoms with Gasteiger partial charge in [0.15, 0.2) is 5.82 Å². The van der Waals surface area contributed by atoms with E-state index >= 15 is 0 Å². The number of benzene rings is 1. The topological polar surface area (TPSA) is 71.3 Å². The Bertz CT molecular complexity index is 649. The van der Waals surface area contributed by atoms with Crippen LogP contribution in [0.25, 0.3) is 0 Å². The molecule has 0 aliphatic carbocycles. The van der Waals surface area contributed by atoms with Crippen molar-refractivity contribution >= 4 is 5.91 Å². The van der Waals surface area contributed by atoms with E-state index in [4.69, 9.17) is 4.52 Å². The molecule has 6 nitrogen and oxygen atoms in total. The molecule has 1 aromatic carbocycles. The number of carbonyl (C=O) groups excluding carboxylic acids is 1. The molecule has 2 aromatic rings. The maximum absolute atomic E-state index is 12.1. The van der Waals surface area contributed by atoms with Crippen LogP contribution in [0.5, 0.6) is 0 Å². The van der Waals surface area contributed by atoms with Crippen molar-refractivity contribution in [2.24, 2.45) is 0 Å². The van der Waals surface area contributed by atoms with Crippen LogP contribution in [0, 0.1) is 6.92 Å². The van der Waals surface area contributed by atoms with Gasteiger partial charge in [0.1, 0.15) is 0 Å². The standard InChI is InChI=1S/C18H26N4O2/c1-5-14-6-8-15(9-7-14)16(22(3)4)12-19-17(23)10-11-18-20-13(2)21-24-18/h6-9,16H,5,10-12H2,1-4H3,(H,19,23). The van der Waals surface area contributed by atoms with Gasteiger partial charge >= 0.3 is 0 Å². The summed E-state index contributed by atoms with van der Waals surface area (Å²) in [5.41, 5.74) is 2.51. The molecular formula is C18H26N4O2. The summed E-state index contributed by atoms with van der Waals surface area (Å²) in [7, 11) is 4.04. The second-order valence-corrected chi connectivity index (χ2v) is 6.11. The van der Waals surface area contributed by atoms with Gasteiger partial charge in [-0.3, -0.25) is 4.79 Å². The largest absolute Gasteiger partial charge is 0.354 e. The van der Waals surface area contributed by atoms with Crippen LogP contribution < -0.4 is 5.32 Å². The van der Waals surface area contributed by atoms with E-state index in [9.17, 15) is 4.79 Å². The monoisotopic (exact) mass is 330 g/mol. The number of aromatic nitrogens is 2. The molecule has 1 unspecified atom stereocenters. The highest BCUT2D eigenvalue weighted by atomic mass is 16.5.